The van der Waals surface area contributed by atoms with E-state index in [-0.39, 0.29) is 0 Å². The lowest BCUT2D eigenvalue weighted by molar-refractivity contribution is 1.10. The van der Waals surface area contributed by atoms with Crippen LogP contribution in [0.2, 0.25) is 0 Å². The molecule has 1 heterocycles. The fourth-order valence-electron chi connectivity index (χ4n) is 1.26. The first-order valence-corrected chi connectivity index (χ1v) is 6.82. The van der Waals surface area contributed by atoms with Crippen LogP contribution in [0.25, 0.3) is 0 Å². The Morgan fingerprint density at radius 1 is 1.21 bits per heavy atom. The highest BCUT2D eigenvalue weighted by Gasteiger charge is 2.01. The van der Waals surface area contributed by atoms with Crippen LogP contribution in [0.4, 0.5) is 0 Å². The van der Waals surface area contributed by atoms with Gasteiger partial charge in [0.25, 0.3) is 0 Å². The second-order valence-electron chi connectivity index (χ2n) is 3.03. The number of halogens is 1. The van der Waals surface area contributed by atoms with E-state index < -0.39 is 0 Å². The minimum absolute atomic E-state index is 0.960. The zero-order chi connectivity index (χ0) is 9.80. The number of benzene rings is 1. The average molecular weight is 315 g/mol. The lowest BCUT2D eigenvalue weighted by atomic mass is 10.2. The van der Waals surface area contributed by atoms with Crippen molar-refractivity contribution < 1.29 is 0 Å². The molecule has 0 aliphatic carbocycles. The Hall–Kier alpha value is -0.420. The number of aromatic nitrogens is 1. The first-order chi connectivity index (χ1) is 6.88. The molecule has 0 bridgehead atoms. The van der Waals surface area contributed by atoms with Gasteiger partial charge in [0.1, 0.15) is 0 Å². The molecule has 0 saturated carbocycles. The number of hydrogen-bond acceptors (Lipinski definition) is 2. The van der Waals surface area contributed by atoms with Crippen LogP contribution in [0.15, 0.2) is 35.7 Å². The standard InChI is InChI=1S/C11H10INS/c12-7-10-8-14-11(13-10)6-9-4-2-1-3-5-9/h1-5,8H,6-7H2. The summed E-state index contributed by atoms with van der Waals surface area (Å²) in [7, 11) is 0. The average Bonchev–Trinajstić information content (AvgIpc) is 2.67. The zero-order valence-electron chi connectivity index (χ0n) is 7.61. The highest BCUT2D eigenvalue weighted by Crippen LogP contribution is 2.16. The van der Waals surface area contributed by atoms with Crippen molar-refractivity contribution in [2.24, 2.45) is 0 Å². The second-order valence-corrected chi connectivity index (χ2v) is 4.73. The molecule has 0 aliphatic rings. The van der Waals surface area contributed by atoms with Crippen LogP contribution in [0.5, 0.6) is 0 Å². The third-order valence-corrected chi connectivity index (χ3v) is 3.61. The molecule has 0 saturated heterocycles. The Bertz CT molecular complexity index is 397. The van der Waals surface area contributed by atoms with Crippen LogP contribution in [0, 0.1) is 0 Å². The smallest absolute Gasteiger partial charge is 0.0972 e. The number of nitrogens with zero attached hydrogens (tertiary/aromatic N) is 1. The van der Waals surface area contributed by atoms with Gasteiger partial charge in [-0.25, -0.2) is 4.98 Å². The number of hydrogen-bond donors (Lipinski definition) is 0. The largest absolute Gasteiger partial charge is 0.245 e. The van der Waals surface area contributed by atoms with Crippen LogP contribution in [0.3, 0.4) is 0 Å². The predicted octanol–water partition coefficient (Wildman–Crippen LogP) is 3.67. The molecule has 0 spiro atoms. The lowest BCUT2D eigenvalue weighted by Crippen LogP contribution is -1.86. The van der Waals surface area contributed by atoms with E-state index in [2.05, 4.69) is 57.2 Å². The summed E-state index contributed by atoms with van der Waals surface area (Å²) < 4.78 is 1.00. The zero-order valence-corrected chi connectivity index (χ0v) is 10.6. The van der Waals surface area contributed by atoms with Crippen molar-refractivity contribution in [3.05, 3.63) is 52.0 Å². The maximum atomic E-state index is 4.54. The molecule has 1 nitrogen and oxygen atoms in total. The van der Waals surface area contributed by atoms with Gasteiger partial charge in [0.15, 0.2) is 0 Å². The topological polar surface area (TPSA) is 12.9 Å². The van der Waals surface area contributed by atoms with Crippen molar-refractivity contribution in [3.63, 3.8) is 0 Å². The summed E-state index contributed by atoms with van der Waals surface area (Å²) >= 11 is 4.09. The summed E-state index contributed by atoms with van der Waals surface area (Å²) in [5.74, 6) is 0. The molecule has 14 heavy (non-hydrogen) atoms. The molecule has 0 amide bonds. The fourth-order valence-corrected chi connectivity index (χ4v) is 2.78. The summed E-state index contributed by atoms with van der Waals surface area (Å²) in [5.41, 5.74) is 2.53. The fraction of sp³-hybridized carbons (Fsp3) is 0.182. The van der Waals surface area contributed by atoms with Gasteiger partial charge in [0.2, 0.25) is 0 Å². The number of thiazole rings is 1. The highest BCUT2D eigenvalue weighted by molar-refractivity contribution is 14.1. The quantitative estimate of drug-likeness (QED) is 0.622. The first kappa shape index (κ1) is 10.1. The third-order valence-electron chi connectivity index (χ3n) is 1.93. The molecule has 3 heteroatoms. The van der Waals surface area contributed by atoms with Gasteiger partial charge in [-0.1, -0.05) is 52.9 Å². The number of rotatable bonds is 3. The van der Waals surface area contributed by atoms with Crippen molar-refractivity contribution in [2.45, 2.75) is 10.8 Å². The Balaban J connectivity index is 2.11. The van der Waals surface area contributed by atoms with E-state index in [0.717, 1.165) is 10.8 Å². The molecule has 1 aromatic heterocycles. The molecule has 2 aromatic rings. The van der Waals surface area contributed by atoms with Crippen LogP contribution in [-0.2, 0) is 10.8 Å². The molecule has 1 aromatic carbocycles. The maximum absolute atomic E-state index is 4.54. The van der Waals surface area contributed by atoms with Crippen molar-refractivity contribution >= 4 is 33.9 Å². The Kier molecular flexibility index (Phi) is 3.53. The second kappa shape index (κ2) is 4.89. The van der Waals surface area contributed by atoms with Crippen molar-refractivity contribution in [3.8, 4) is 0 Å². The van der Waals surface area contributed by atoms with Gasteiger partial charge in [0, 0.05) is 16.2 Å². The molecule has 72 valence electrons. The van der Waals surface area contributed by atoms with E-state index >= 15 is 0 Å². The van der Waals surface area contributed by atoms with Gasteiger partial charge < -0.3 is 0 Å². The van der Waals surface area contributed by atoms with Crippen molar-refractivity contribution in [2.75, 3.05) is 0 Å². The Morgan fingerprint density at radius 2 is 2.00 bits per heavy atom. The Labute approximate surface area is 101 Å². The molecule has 0 fully saturated rings. The van der Waals surface area contributed by atoms with Gasteiger partial charge in [-0.3, -0.25) is 0 Å². The third kappa shape index (κ3) is 2.54. The van der Waals surface area contributed by atoms with Crippen molar-refractivity contribution in [1.29, 1.82) is 0 Å². The molecular formula is C11H10INS. The van der Waals surface area contributed by atoms with Crippen LogP contribution < -0.4 is 0 Å². The predicted molar refractivity (Wildman–Crippen MR) is 69.1 cm³/mol. The SMILES string of the molecule is ICc1csc(Cc2ccccc2)n1. The van der Waals surface area contributed by atoms with Gasteiger partial charge >= 0.3 is 0 Å². The van der Waals surface area contributed by atoms with E-state index in [4.69, 9.17) is 0 Å². The highest BCUT2D eigenvalue weighted by atomic mass is 127. The maximum Gasteiger partial charge on any atom is 0.0972 e. The van der Waals surface area contributed by atoms with Crippen LogP contribution in [-0.4, -0.2) is 4.98 Å². The van der Waals surface area contributed by atoms with Crippen molar-refractivity contribution in [1.82, 2.24) is 4.98 Å². The first-order valence-electron chi connectivity index (χ1n) is 4.41. The molecule has 0 atom stereocenters. The van der Waals surface area contributed by atoms with E-state index in [1.54, 1.807) is 11.3 Å². The van der Waals surface area contributed by atoms with E-state index in [0.29, 0.717) is 0 Å². The van der Waals surface area contributed by atoms with Gasteiger partial charge in [-0.15, -0.1) is 11.3 Å². The van der Waals surface area contributed by atoms with E-state index in [9.17, 15) is 0 Å². The number of alkyl halides is 1. The van der Waals surface area contributed by atoms with E-state index in [1.807, 2.05) is 6.07 Å². The molecule has 0 unspecified atom stereocenters. The molecular weight excluding hydrogens is 305 g/mol. The summed E-state index contributed by atoms with van der Waals surface area (Å²) in [6.45, 7) is 0. The molecule has 0 N–H and O–H groups in total. The Morgan fingerprint density at radius 3 is 2.64 bits per heavy atom. The lowest BCUT2D eigenvalue weighted by Gasteiger charge is -1.95. The molecule has 0 radical (unpaired) electrons. The molecule has 0 aliphatic heterocycles. The van der Waals surface area contributed by atoms with Gasteiger partial charge in [0.05, 0.1) is 10.7 Å². The van der Waals surface area contributed by atoms with Gasteiger partial charge in [-0.2, -0.15) is 0 Å². The van der Waals surface area contributed by atoms with E-state index in [1.165, 1.54) is 16.3 Å². The van der Waals surface area contributed by atoms with Crippen LogP contribution >= 0.6 is 33.9 Å². The van der Waals surface area contributed by atoms with Gasteiger partial charge in [-0.05, 0) is 5.56 Å². The van der Waals surface area contributed by atoms with Crippen LogP contribution in [0.1, 0.15) is 16.3 Å². The monoisotopic (exact) mass is 315 g/mol. The summed E-state index contributed by atoms with van der Waals surface area (Å²) in [6, 6.07) is 10.5. The minimum atomic E-state index is 0.960. The normalized spacial score (nSPS) is 10.4. The molecule has 2 rings (SSSR count). The minimum Gasteiger partial charge on any atom is -0.245 e. The summed E-state index contributed by atoms with van der Waals surface area (Å²) in [6.07, 6.45) is 0.960. The summed E-state index contributed by atoms with van der Waals surface area (Å²) in [5, 5.41) is 3.35. The summed E-state index contributed by atoms with van der Waals surface area (Å²) in [4.78, 5) is 4.54.